The van der Waals surface area contributed by atoms with Gasteiger partial charge in [-0.25, -0.2) is 0 Å². The van der Waals surface area contributed by atoms with Gasteiger partial charge in [0.15, 0.2) is 0 Å². The van der Waals surface area contributed by atoms with Crippen LogP contribution in [-0.2, 0) is 0 Å². The molecule has 1 N–H and O–H groups in total. The molecule has 0 aromatic heterocycles. The Labute approximate surface area is 56.4 Å². The van der Waals surface area contributed by atoms with E-state index in [1.54, 1.807) is 0 Å². The van der Waals surface area contributed by atoms with E-state index in [1.165, 1.54) is 12.8 Å². The summed E-state index contributed by atoms with van der Waals surface area (Å²) in [5.41, 5.74) is 0. The number of aliphatic hydroxyl groups excluding tert-OH is 1. The third kappa shape index (κ3) is 2.08. The summed E-state index contributed by atoms with van der Waals surface area (Å²) < 4.78 is 0. The molecular formula is C8H14O. The Hall–Kier alpha value is -0.460. The lowest BCUT2D eigenvalue weighted by molar-refractivity contribution is 0.357. The molecule has 0 bridgehead atoms. The third-order valence-corrected chi connectivity index (χ3v) is 1.84. The Morgan fingerprint density at radius 3 is 3.22 bits per heavy atom. The molecule has 1 nitrogen and oxygen atoms in total. The molecule has 0 heterocycles. The summed E-state index contributed by atoms with van der Waals surface area (Å²) >= 11 is 0. The predicted octanol–water partition coefficient (Wildman–Crippen LogP) is 2.64. The first-order valence-electron chi connectivity index (χ1n) is 3.67. The van der Waals surface area contributed by atoms with E-state index in [0.717, 1.165) is 12.8 Å². The van der Waals surface area contributed by atoms with Crippen LogP contribution in [0.3, 0.4) is 0 Å². The van der Waals surface area contributed by atoms with E-state index in [9.17, 15) is 0 Å². The molecule has 0 saturated heterocycles. The number of allylic oxidation sites excluding steroid dienone is 2. The number of hydrogen-bond acceptors (Lipinski definition) is 1. The van der Waals surface area contributed by atoms with Crippen molar-refractivity contribution in [3.05, 3.63) is 11.8 Å². The van der Waals surface area contributed by atoms with Gasteiger partial charge in [-0.05, 0) is 31.3 Å². The zero-order valence-electron chi connectivity index (χ0n) is 5.93. The molecule has 0 spiro atoms. The molecule has 1 aliphatic rings. The van der Waals surface area contributed by atoms with Crippen LogP contribution in [0.1, 0.15) is 32.6 Å². The summed E-state index contributed by atoms with van der Waals surface area (Å²) in [7, 11) is 0. The molecule has 0 aliphatic heterocycles. The van der Waals surface area contributed by atoms with E-state index in [2.05, 4.69) is 6.92 Å². The number of aliphatic hydroxyl groups is 1. The normalized spacial score (nSPS) is 29.0. The lowest BCUT2D eigenvalue weighted by atomic mass is 10.0. The fourth-order valence-corrected chi connectivity index (χ4v) is 1.28. The van der Waals surface area contributed by atoms with E-state index in [1.807, 2.05) is 6.08 Å². The quantitative estimate of drug-likeness (QED) is 0.529. The van der Waals surface area contributed by atoms with Gasteiger partial charge in [-0.15, -0.1) is 0 Å². The van der Waals surface area contributed by atoms with E-state index in [-0.39, 0.29) is 0 Å². The average Bonchev–Trinajstić information content (AvgIpc) is 1.93. The van der Waals surface area contributed by atoms with Crippen LogP contribution in [0, 0.1) is 5.92 Å². The van der Waals surface area contributed by atoms with Gasteiger partial charge in [0.2, 0.25) is 0 Å². The van der Waals surface area contributed by atoms with Gasteiger partial charge in [-0.3, -0.25) is 0 Å². The minimum absolute atomic E-state index is 0.597. The molecule has 0 saturated carbocycles. The highest BCUT2D eigenvalue weighted by atomic mass is 16.3. The Bertz CT molecular complexity index is 116. The Balaban J connectivity index is 2.44. The van der Waals surface area contributed by atoms with Crippen molar-refractivity contribution in [3.8, 4) is 0 Å². The summed E-state index contributed by atoms with van der Waals surface area (Å²) in [5.74, 6) is 1.28. The first-order chi connectivity index (χ1) is 4.29. The maximum Gasteiger partial charge on any atom is 0.0885 e. The minimum atomic E-state index is 0.597. The molecule has 1 unspecified atom stereocenters. The summed E-state index contributed by atoms with van der Waals surface area (Å²) in [5, 5.41) is 9.12. The largest absolute Gasteiger partial charge is 0.513 e. The summed E-state index contributed by atoms with van der Waals surface area (Å²) in [6, 6.07) is 0. The zero-order valence-corrected chi connectivity index (χ0v) is 5.93. The Morgan fingerprint density at radius 1 is 1.67 bits per heavy atom. The van der Waals surface area contributed by atoms with Crippen LogP contribution >= 0.6 is 0 Å². The molecule has 0 radical (unpaired) electrons. The molecule has 0 amide bonds. The molecule has 52 valence electrons. The highest BCUT2D eigenvalue weighted by Gasteiger charge is 2.07. The molecule has 9 heavy (non-hydrogen) atoms. The lowest BCUT2D eigenvalue weighted by Crippen LogP contribution is -1.92. The van der Waals surface area contributed by atoms with Gasteiger partial charge in [0.25, 0.3) is 0 Å². The first kappa shape index (κ1) is 6.66. The second kappa shape index (κ2) is 2.90. The molecule has 1 atom stereocenters. The first-order valence-corrected chi connectivity index (χ1v) is 3.67. The van der Waals surface area contributed by atoms with E-state index < -0.39 is 0 Å². The van der Waals surface area contributed by atoms with Crippen molar-refractivity contribution in [2.45, 2.75) is 32.6 Å². The van der Waals surface area contributed by atoms with Gasteiger partial charge in [0.1, 0.15) is 0 Å². The molecule has 0 aromatic rings. The maximum atomic E-state index is 9.12. The standard InChI is InChI=1S/C8H14O/c1-7-4-2-3-5-8(9)6-7/h5,7,9H,2-4,6H2,1H3. The van der Waals surface area contributed by atoms with E-state index in [4.69, 9.17) is 5.11 Å². The zero-order chi connectivity index (χ0) is 6.69. The third-order valence-electron chi connectivity index (χ3n) is 1.84. The van der Waals surface area contributed by atoms with Gasteiger partial charge in [0.05, 0.1) is 5.76 Å². The van der Waals surface area contributed by atoms with Crippen LogP contribution in [0.15, 0.2) is 11.8 Å². The minimum Gasteiger partial charge on any atom is -0.513 e. The topological polar surface area (TPSA) is 20.2 Å². The van der Waals surface area contributed by atoms with Gasteiger partial charge in [-0.1, -0.05) is 6.92 Å². The predicted molar refractivity (Wildman–Crippen MR) is 38.3 cm³/mol. The van der Waals surface area contributed by atoms with Gasteiger partial charge < -0.3 is 5.11 Å². The molecule has 0 aromatic carbocycles. The van der Waals surface area contributed by atoms with Crippen molar-refractivity contribution in [2.24, 2.45) is 5.92 Å². The highest BCUT2D eigenvalue weighted by molar-refractivity contribution is 4.94. The van der Waals surface area contributed by atoms with Crippen LogP contribution < -0.4 is 0 Å². The maximum absolute atomic E-state index is 9.12. The Morgan fingerprint density at radius 2 is 2.44 bits per heavy atom. The molecular weight excluding hydrogens is 112 g/mol. The number of hydrogen-bond donors (Lipinski definition) is 1. The average molecular weight is 126 g/mol. The summed E-state index contributed by atoms with van der Waals surface area (Å²) in [6.45, 7) is 2.19. The van der Waals surface area contributed by atoms with E-state index >= 15 is 0 Å². The smallest absolute Gasteiger partial charge is 0.0885 e. The van der Waals surface area contributed by atoms with Crippen LogP contribution in [0.25, 0.3) is 0 Å². The van der Waals surface area contributed by atoms with Gasteiger partial charge in [0, 0.05) is 6.42 Å². The molecule has 1 heteroatoms. The summed E-state index contributed by atoms with van der Waals surface area (Å²) in [4.78, 5) is 0. The number of rotatable bonds is 0. The van der Waals surface area contributed by atoms with Gasteiger partial charge in [-0.2, -0.15) is 0 Å². The molecule has 0 fully saturated rings. The SMILES string of the molecule is CC1CCCC=C(O)C1. The second-order valence-electron chi connectivity index (χ2n) is 2.94. The van der Waals surface area contributed by atoms with Crippen LogP contribution in [0.2, 0.25) is 0 Å². The van der Waals surface area contributed by atoms with Crippen molar-refractivity contribution in [1.29, 1.82) is 0 Å². The van der Waals surface area contributed by atoms with Crippen LogP contribution in [0.4, 0.5) is 0 Å². The summed E-state index contributed by atoms with van der Waals surface area (Å²) in [6.07, 6.45) is 6.41. The molecule has 1 aliphatic carbocycles. The van der Waals surface area contributed by atoms with E-state index in [0.29, 0.717) is 11.7 Å². The fourth-order valence-electron chi connectivity index (χ4n) is 1.28. The second-order valence-corrected chi connectivity index (χ2v) is 2.94. The van der Waals surface area contributed by atoms with Crippen molar-refractivity contribution in [1.82, 2.24) is 0 Å². The van der Waals surface area contributed by atoms with Crippen LogP contribution in [0.5, 0.6) is 0 Å². The van der Waals surface area contributed by atoms with Crippen molar-refractivity contribution >= 4 is 0 Å². The van der Waals surface area contributed by atoms with Gasteiger partial charge >= 0.3 is 0 Å². The molecule has 1 rings (SSSR count). The monoisotopic (exact) mass is 126 g/mol. The Kier molecular flexibility index (Phi) is 2.15. The lowest BCUT2D eigenvalue weighted by Gasteiger charge is -2.04. The van der Waals surface area contributed by atoms with Crippen molar-refractivity contribution in [2.75, 3.05) is 0 Å². The fraction of sp³-hybridized carbons (Fsp3) is 0.750. The highest BCUT2D eigenvalue weighted by Crippen LogP contribution is 2.20. The van der Waals surface area contributed by atoms with Crippen molar-refractivity contribution in [3.63, 3.8) is 0 Å². The van der Waals surface area contributed by atoms with Crippen molar-refractivity contribution < 1.29 is 5.11 Å². The van der Waals surface area contributed by atoms with Crippen LogP contribution in [-0.4, -0.2) is 5.11 Å².